The number of hydrogen-bond acceptors (Lipinski definition) is 6. The van der Waals surface area contributed by atoms with Crippen molar-refractivity contribution >= 4 is 39.1 Å². The van der Waals surface area contributed by atoms with Gasteiger partial charge in [-0.2, -0.15) is 0 Å². The van der Waals surface area contributed by atoms with E-state index in [0.717, 1.165) is 29.5 Å². The lowest BCUT2D eigenvalue weighted by atomic mass is 9.97. The van der Waals surface area contributed by atoms with Crippen LogP contribution in [0.15, 0.2) is 34.2 Å². The first-order chi connectivity index (χ1) is 13.6. The zero-order chi connectivity index (χ0) is 19.7. The SMILES string of the molecule is CC(=O)c1ccccc1OCCSc1nc2sc3c(c2c(=O)n1C)CCCC3. The van der Waals surface area contributed by atoms with Gasteiger partial charge >= 0.3 is 0 Å². The highest BCUT2D eigenvalue weighted by Gasteiger charge is 2.21. The summed E-state index contributed by atoms with van der Waals surface area (Å²) in [6.45, 7) is 1.97. The average molecular weight is 415 g/mol. The number of thiophene rings is 1. The van der Waals surface area contributed by atoms with Gasteiger partial charge in [-0.1, -0.05) is 23.9 Å². The third kappa shape index (κ3) is 3.61. The molecule has 0 saturated carbocycles. The molecule has 0 unspecified atom stereocenters. The lowest BCUT2D eigenvalue weighted by molar-refractivity contribution is 0.101. The van der Waals surface area contributed by atoms with E-state index in [4.69, 9.17) is 9.72 Å². The van der Waals surface area contributed by atoms with Gasteiger partial charge in [0.1, 0.15) is 10.6 Å². The maximum absolute atomic E-state index is 12.9. The van der Waals surface area contributed by atoms with Crippen molar-refractivity contribution in [2.45, 2.75) is 37.8 Å². The van der Waals surface area contributed by atoms with Crippen LogP contribution >= 0.6 is 23.1 Å². The summed E-state index contributed by atoms with van der Waals surface area (Å²) in [5, 5.41) is 1.53. The highest BCUT2D eigenvalue weighted by atomic mass is 32.2. The van der Waals surface area contributed by atoms with Crippen LogP contribution in [0.4, 0.5) is 0 Å². The molecule has 0 radical (unpaired) electrons. The van der Waals surface area contributed by atoms with Crippen LogP contribution in [0.25, 0.3) is 10.2 Å². The number of aromatic nitrogens is 2. The van der Waals surface area contributed by atoms with E-state index in [1.807, 2.05) is 12.1 Å². The quantitative estimate of drug-likeness (QED) is 0.261. The van der Waals surface area contributed by atoms with Crippen molar-refractivity contribution in [3.63, 3.8) is 0 Å². The maximum Gasteiger partial charge on any atom is 0.262 e. The Bertz CT molecular complexity index is 1100. The zero-order valence-corrected chi connectivity index (χ0v) is 17.6. The van der Waals surface area contributed by atoms with E-state index >= 15 is 0 Å². The first-order valence-electron chi connectivity index (χ1n) is 9.43. The summed E-state index contributed by atoms with van der Waals surface area (Å²) < 4.78 is 7.44. The second-order valence-corrected chi connectivity index (χ2v) is 9.04. The molecule has 4 rings (SSSR count). The lowest BCUT2D eigenvalue weighted by Gasteiger charge is -2.11. The molecule has 0 fully saturated rings. The monoisotopic (exact) mass is 414 g/mol. The topological polar surface area (TPSA) is 61.2 Å². The Hall–Kier alpha value is -2.12. The third-order valence-electron chi connectivity index (χ3n) is 4.99. The van der Waals surface area contributed by atoms with E-state index in [1.165, 1.54) is 35.5 Å². The molecule has 0 atom stereocenters. The molecule has 2 aromatic heterocycles. The molecule has 7 heteroatoms. The molecule has 1 aliphatic carbocycles. The molecule has 0 spiro atoms. The Labute approximate surface area is 171 Å². The largest absolute Gasteiger partial charge is 0.492 e. The van der Waals surface area contributed by atoms with Gasteiger partial charge in [-0.25, -0.2) is 4.98 Å². The number of ether oxygens (including phenoxy) is 1. The van der Waals surface area contributed by atoms with E-state index in [9.17, 15) is 9.59 Å². The molecule has 2 heterocycles. The number of carbonyl (C=O) groups is 1. The van der Waals surface area contributed by atoms with Crippen molar-refractivity contribution in [2.75, 3.05) is 12.4 Å². The van der Waals surface area contributed by atoms with Crippen molar-refractivity contribution < 1.29 is 9.53 Å². The molecule has 0 saturated heterocycles. The summed E-state index contributed by atoms with van der Waals surface area (Å²) in [7, 11) is 1.79. The smallest absolute Gasteiger partial charge is 0.262 e. The number of nitrogens with zero attached hydrogens (tertiary/aromatic N) is 2. The first-order valence-corrected chi connectivity index (χ1v) is 11.2. The van der Waals surface area contributed by atoms with Crippen LogP contribution in [0.1, 0.15) is 40.6 Å². The minimum absolute atomic E-state index is 0.0144. The van der Waals surface area contributed by atoms with Crippen LogP contribution in [0.5, 0.6) is 5.75 Å². The molecule has 146 valence electrons. The van der Waals surface area contributed by atoms with E-state index in [2.05, 4.69) is 0 Å². The molecule has 28 heavy (non-hydrogen) atoms. The van der Waals surface area contributed by atoms with E-state index in [1.54, 1.807) is 35.1 Å². The van der Waals surface area contributed by atoms with Crippen molar-refractivity contribution in [2.24, 2.45) is 7.05 Å². The van der Waals surface area contributed by atoms with Gasteiger partial charge in [0, 0.05) is 17.7 Å². The van der Waals surface area contributed by atoms with E-state index in [-0.39, 0.29) is 11.3 Å². The van der Waals surface area contributed by atoms with E-state index < -0.39 is 0 Å². The number of thioether (sulfide) groups is 1. The molecule has 1 aliphatic rings. The number of aryl methyl sites for hydroxylation is 2. The van der Waals surface area contributed by atoms with Gasteiger partial charge in [0.05, 0.1) is 17.6 Å². The normalized spacial score (nSPS) is 13.5. The Morgan fingerprint density at radius 3 is 2.89 bits per heavy atom. The summed E-state index contributed by atoms with van der Waals surface area (Å²) in [5.74, 6) is 1.22. The highest BCUT2D eigenvalue weighted by Crippen LogP contribution is 2.34. The van der Waals surface area contributed by atoms with Gasteiger partial charge in [0.15, 0.2) is 10.9 Å². The molecule has 3 aromatic rings. The fraction of sp³-hybridized carbons (Fsp3) is 0.381. The molecule has 0 N–H and O–H groups in total. The molecule has 0 aliphatic heterocycles. The van der Waals surface area contributed by atoms with Crippen molar-refractivity contribution in [3.8, 4) is 5.75 Å². The number of Topliss-reactive ketones (excluding diaryl/α,β-unsaturated/α-hetero) is 1. The maximum atomic E-state index is 12.9. The number of carbonyl (C=O) groups excluding carboxylic acids is 1. The number of rotatable bonds is 6. The number of hydrogen-bond donors (Lipinski definition) is 0. The lowest BCUT2D eigenvalue weighted by Crippen LogP contribution is -2.21. The number of para-hydroxylation sites is 1. The van der Waals surface area contributed by atoms with E-state index in [0.29, 0.717) is 28.8 Å². The average Bonchev–Trinajstić information content (AvgIpc) is 3.07. The van der Waals surface area contributed by atoms with Crippen LogP contribution in [-0.2, 0) is 19.9 Å². The predicted octanol–water partition coefficient (Wildman–Crippen LogP) is 4.25. The second-order valence-electron chi connectivity index (χ2n) is 6.90. The number of ketones is 1. The van der Waals surface area contributed by atoms with Crippen molar-refractivity contribution in [1.82, 2.24) is 9.55 Å². The Morgan fingerprint density at radius 1 is 1.29 bits per heavy atom. The molecular weight excluding hydrogens is 392 g/mol. The minimum Gasteiger partial charge on any atom is -0.492 e. The van der Waals surface area contributed by atoms with Crippen molar-refractivity contribution in [1.29, 1.82) is 0 Å². The predicted molar refractivity (Wildman–Crippen MR) is 114 cm³/mol. The van der Waals surface area contributed by atoms with Gasteiger partial charge in [0.25, 0.3) is 5.56 Å². The van der Waals surface area contributed by atoms with Crippen LogP contribution in [0.2, 0.25) is 0 Å². The van der Waals surface area contributed by atoms with Gasteiger partial charge in [0.2, 0.25) is 0 Å². The Balaban J connectivity index is 1.49. The Morgan fingerprint density at radius 2 is 2.07 bits per heavy atom. The number of fused-ring (bicyclic) bond motifs is 3. The summed E-state index contributed by atoms with van der Waals surface area (Å²) in [5.41, 5.74) is 1.86. The fourth-order valence-corrected chi connectivity index (χ4v) is 5.66. The van der Waals surface area contributed by atoms with Gasteiger partial charge in [-0.15, -0.1) is 11.3 Å². The van der Waals surface area contributed by atoms with Crippen LogP contribution in [0.3, 0.4) is 0 Å². The van der Waals surface area contributed by atoms with Crippen LogP contribution < -0.4 is 10.3 Å². The van der Waals surface area contributed by atoms with Crippen molar-refractivity contribution in [3.05, 3.63) is 50.6 Å². The second kappa shape index (κ2) is 8.09. The fourth-order valence-electron chi connectivity index (χ4n) is 3.56. The Kier molecular flexibility index (Phi) is 5.55. The summed E-state index contributed by atoms with van der Waals surface area (Å²) in [6.07, 6.45) is 4.39. The standard InChI is InChI=1S/C21H22N2O3S2/c1-13(24)14-7-3-5-9-16(14)26-11-12-27-21-22-19-18(20(25)23(21)2)15-8-4-6-10-17(15)28-19/h3,5,7,9H,4,6,8,10-12H2,1-2H3. The summed E-state index contributed by atoms with van der Waals surface area (Å²) >= 11 is 3.18. The van der Waals surface area contributed by atoms with Crippen LogP contribution in [-0.4, -0.2) is 27.7 Å². The van der Waals surface area contributed by atoms with Gasteiger partial charge < -0.3 is 4.74 Å². The summed E-state index contributed by atoms with van der Waals surface area (Å²) in [6, 6.07) is 7.25. The zero-order valence-electron chi connectivity index (χ0n) is 16.0. The van der Waals surface area contributed by atoms with Gasteiger partial charge in [-0.05, 0) is 50.3 Å². The first kappa shape index (κ1) is 19.2. The molecule has 0 bridgehead atoms. The number of benzene rings is 1. The third-order valence-corrected chi connectivity index (χ3v) is 7.17. The highest BCUT2D eigenvalue weighted by molar-refractivity contribution is 7.99. The molecule has 5 nitrogen and oxygen atoms in total. The minimum atomic E-state index is -0.0144. The van der Waals surface area contributed by atoms with Crippen LogP contribution in [0, 0.1) is 0 Å². The summed E-state index contributed by atoms with van der Waals surface area (Å²) in [4.78, 5) is 31.5. The molecule has 0 amide bonds. The molecular formula is C21H22N2O3S2. The molecule has 1 aromatic carbocycles. The van der Waals surface area contributed by atoms with Gasteiger partial charge in [-0.3, -0.25) is 14.2 Å².